The third kappa shape index (κ3) is 2.93. The Balaban J connectivity index is 1.56. The number of carbonyl (C=O) groups is 1. The smallest absolute Gasteiger partial charge is 0.252 e. The van der Waals surface area contributed by atoms with Gasteiger partial charge >= 0.3 is 0 Å². The summed E-state index contributed by atoms with van der Waals surface area (Å²) < 4.78 is 6.89. The van der Waals surface area contributed by atoms with Crippen LogP contribution in [0.2, 0.25) is 0 Å². The first kappa shape index (κ1) is 15.6. The Bertz CT molecular complexity index is 890. The fourth-order valence-electron chi connectivity index (χ4n) is 3.40. The third-order valence-electron chi connectivity index (χ3n) is 4.64. The summed E-state index contributed by atoms with van der Waals surface area (Å²) in [5, 5.41) is 4.25. The van der Waals surface area contributed by atoms with E-state index in [2.05, 4.69) is 15.1 Å². The first-order valence-electron chi connectivity index (χ1n) is 8.33. The van der Waals surface area contributed by atoms with Crippen LogP contribution in [-0.4, -0.2) is 44.0 Å². The van der Waals surface area contributed by atoms with Crippen molar-refractivity contribution in [2.45, 2.75) is 25.3 Å². The fourth-order valence-corrected chi connectivity index (χ4v) is 3.40. The van der Waals surface area contributed by atoms with Crippen molar-refractivity contribution in [2.75, 3.05) is 13.7 Å². The molecule has 3 aromatic rings. The second-order valence-electron chi connectivity index (χ2n) is 6.11. The van der Waals surface area contributed by atoms with Crippen LogP contribution >= 0.6 is 0 Å². The van der Waals surface area contributed by atoms with Gasteiger partial charge in [0.2, 0.25) is 5.91 Å². The van der Waals surface area contributed by atoms with Crippen molar-refractivity contribution < 1.29 is 9.53 Å². The number of amides is 1. The monoisotopic (exact) mass is 337 g/mol. The predicted octanol–water partition coefficient (Wildman–Crippen LogP) is 2.04. The summed E-state index contributed by atoms with van der Waals surface area (Å²) in [7, 11) is 1.63. The van der Waals surface area contributed by atoms with Crippen LogP contribution in [0.25, 0.3) is 5.78 Å². The van der Waals surface area contributed by atoms with E-state index in [1.807, 2.05) is 35.2 Å². The molecule has 0 aliphatic carbocycles. The maximum atomic E-state index is 12.9. The highest BCUT2D eigenvalue weighted by Gasteiger charge is 2.31. The fraction of sp³-hybridized carbons (Fsp3) is 0.333. The molecule has 0 spiro atoms. The second-order valence-corrected chi connectivity index (χ2v) is 6.11. The van der Waals surface area contributed by atoms with Gasteiger partial charge in [-0.3, -0.25) is 4.79 Å². The third-order valence-corrected chi connectivity index (χ3v) is 4.64. The minimum absolute atomic E-state index is 0.0120. The predicted molar refractivity (Wildman–Crippen MR) is 91.2 cm³/mol. The van der Waals surface area contributed by atoms with E-state index in [0.29, 0.717) is 12.2 Å². The summed E-state index contributed by atoms with van der Waals surface area (Å²) >= 11 is 0. The average molecular weight is 337 g/mol. The molecule has 0 N–H and O–H groups in total. The Hall–Kier alpha value is -2.96. The highest BCUT2D eigenvalue weighted by molar-refractivity contribution is 5.79. The van der Waals surface area contributed by atoms with Crippen LogP contribution in [0.3, 0.4) is 0 Å². The van der Waals surface area contributed by atoms with Gasteiger partial charge in [-0.05, 0) is 36.6 Å². The van der Waals surface area contributed by atoms with Crippen molar-refractivity contribution in [1.82, 2.24) is 24.5 Å². The number of nitrogens with zero attached hydrogens (tertiary/aromatic N) is 5. The van der Waals surface area contributed by atoms with Gasteiger partial charge in [0.25, 0.3) is 5.78 Å². The van der Waals surface area contributed by atoms with Gasteiger partial charge in [-0.2, -0.15) is 14.6 Å². The van der Waals surface area contributed by atoms with E-state index in [-0.39, 0.29) is 11.9 Å². The molecule has 1 fully saturated rings. The van der Waals surface area contributed by atoms with Gasteiger partial charge in [-0.15, -0.1) is 0 Å². The summed E-state index contributed by atoms with van der Waals surface area (Å²) in [5.41, 5.74) is 1.94. The number of ether oxygens (including phenoxy) is 1. The lowest BCUT2D eigenvalue weighted by atomic mass is 10.1. The number of benzene rings is 1. The molecule has 7 nitrogen and oxygen atoms in total. The molecule has 3 heterocycles. The highest BCUT2D eigenvalue weighted by atomic mass is 16.5. The molecule has 7 heteroatoms. The molecule has 0 saturated carbocycles. The van der Waals surface area contributed by atoms with Crippen LogP contribution in [0.5, 0.6) is 5.75 Å². The molecule has 1 aromatic carbocycles. The molecule has 128 valence electrons. The van der Waals surface area contributed by atoms with Crippen molar-refractivity contribution in [3.8, 4) is 5.75 Å². The van der Waals surface area contributed by atoms with E-state index < -0.39 is 0 Å². The topological polar surface area (TPSA) is 72.6 Å². The molecule has 1 aliphatic heterocycles. The number of hydrogen-bond acceptors (Lipinski definition) is 5. The van der Waals surface area contributed by atoms with Crippen LogP contribution in [0.1, 0.15) is 30.1 Å². The molecule has 1 aliphatic rings. The number of carbonyl (C=O) groups excluding carboxylic acids is 1. The lowest BCUT2D eigenvalue weighted by Crippen LogP contribution is -2.32. The van der Waals surface area contributed by atoms with E-state index in [4.69, 9.17) is 4.74 Å². The molecule has 0 unspecified atom stereocenters. The molecule has 0 radical (unpaired) electrons. The largest absolute Gasteiger partial charge is 0.497 e. The van der Waals surface area contributed by atoms with Gasteiger partial charge in [-0.1, -0.05) is 12.1 Å². The van der Waals surface area contributed by atoms with Gasteiger partial charge in [0.15, 0.2) is 0 Å². The Morgan fingerprint density at radius 3 is 2.88 bits per heavy atom. The maximum absolute atomic E-state index is 12.9. The first-order valence-corrected chi connectivity index (χ1v) is 8.33. The second kappa shape index (κ2) is 6.51. The van der Waals surface area contributed by atoms with Crippen molar-refractivity contribution in [3.05, 3.63) is 54.1 Å². The first-order chi connectivity index (χ1) is 12.3. The Labute approximate surface area is 145 Å². The van der Waals surface area contributed by atoms with Crippen molar-refractivity contribution in [3.63, 3.8) is 0 Å². The molecule has 1 amide bonds. The summed E-state index contributed by atoms with van der Waals surface area (Å²) in [6.07, 6.45) is 5.50. The van der Waals surface area contributed by atoms with E-state index in [0.717, 1.165) is 36.4 Å². The number of methoxy groups -OCH3 is 1. The SMILES string of the molecule is COc1ccc(CC(=O)N2CCC[C@H]2c2ccnc3ncnn23)cc1. The van der Waals surface area contributed by atoms with E-state index in [9.17, 15) is 4.79 Å². The summed E-state index contributed by atoms with van der Waals surface area (Å²) in [4.78, 5) is 23.1. The summed E-state index contributed by atoms with van der Waals surface area (Å²) in [6, 6.07) is 9.56. The lowest BCUT2D eigenvalue weighted by molar-refractivity contribution is -0.131. The van der Waals surface area contributed by atoms with E-state index >= 15 is 0 Å². The number of aromatic nitrogens is 4. The van der Waals surface area contributed by atoms with Crippen molar-refractivity contribution in [1.29, 1.82) is 0 Å². The summed E-state index contributed by atoms with van der Waals surface area (Å²) in [5.74, 6) is 1.48. The van der Waals surface area contributed by atoms with E-state index in [1.165, 1.54) is 6.33 Å². The van der Waals surface area contributed by atoms with Crippen LogP contribution in [-0.2, 0) is 11.2 Å². The van der Waals surface area contributed by atoms with Crippen LogP contribution in [0.15, 0.2) is 42.9 Å². The normalized spacial score (nSPS) is 17.2. The van der Waals surface area contributed by atoms with Gasteiger partial charge in [0, 0.05) is 12.7 Å². The van der Waals surface area contributed by atoms with Crippen LogP contribution in [0, 0.1) is 0 Å². The van der Waals surface area contributed by atoms with Gasteiger partial charge in [-0.25, -0.2) is 4.98 Å². The zero-order chi connectivity index (χ0) is 17.2. The minimum Gasteiger partial charge on any atom is -0.497 e. The highest BCUT2D eigenvalue weighted by Crippen LogP contribution is 2.32. The van der Waals surface area contributed by atoms with E-state index in [1.54, 1.807) is 17.8 Å². The maximum Gasteiger partial charge on any atom is 0.252 e. The summed E-state index contributed by atoms with van der Waals surface area (Å²) in [6.45, 7) is 0.762. The molecule has 4 rings (SSSR count). The molecular formula is C18H19N5O2. The van der Waals surface area contributed by atoms with Gasteiger partial charge < -0.3 is 9.64 Å². The van der Waals surface area contributed by atoms with Crippen LogP contribution in [0.4, 0.5) is 0 Å². The standard InChI is InChI=1S/C18H19N5O2/c1-25-14-6-4-13(5-7-14)11-17(24)22-10-2-3-15(22)16-8-9-19-18-20-12-21-23(16)18/h4-9,12,15H,2-3,10-11H2,1H3/t15-/m0/s1. The number of fused-ring (bicyclic) bond motifs is 1. The molecule has 25 heavy (non-hydrogen) atoms. The lowest BCUT2D eigenvalue weighted by Gasteiger charge is -2.25. The minimum atomic E-state index is 0.0120. The Morgan fingerprint density at radius 2 is 2.08 bits per heavy atom. The number of likely N-dealkylation sites (tertiary alicyclic amines) is 1. The molecule has 1 atom stereocenters. The molecular weight excluding hydrogens is 318 g/mol. The number of rotatable bonds is 4. The quantitative estimate of drug-likeness (QED) is 0.728. The Kier molecular flexibility index (Phi) is 4.05. The van der Waals surface area contributed by atoms with Gasteiger partial charge in [0.05, 0.1) is 25.3 Å². The van der Waals surface area contributed by atoms with Crippen LogP contribution < -0.4 is 4.74 Å². The molecule has 1 saturated heterocycles. The van der Waals surface area contributed by atoms with Crippen molar-refractivity contribution >= 4 is 11.7 Å². The molecule has 2 aromatic heterocycles. The zero-order valence-corrected chi connectivity index (χ0v) is 14.0. The number of hydrogen-bond donors (Lipinski definition) is 0. The zero-order valence-electron chi connectivity index (χ0n) is 14.0. The Morgan fingerprint density at radius 1 is 1.24 bits per heavy atom. The molecule has 0 bridgehead atoms. The van der Waals surface area contributed by atoms with Crippen molar-refractivity contribution in [2.24, 2.45) is 0 Å². The van der Waals surface area contributed by atoms with Gasteiger partial charge in [0.1, 0.15) is 12.1 Å². The average Bonchev–Trinajstić information content (AvgIpc) is 3.31.